The molecule has 1 aliphatic carbocycles. The fourth-order valence-corrected chi connectivity index (χ4v) is 2.78. The first-order chi connectivity index (χ1) is 9.59. The largest absolute Gasteiger partial charge is 0.351 e. The van der Waals surface area contributed by atoms with Gasteiger partial charge in [-0.25, -0.2) is 0 Å². The van der Waals surface area contributed by atoms with Crippen LogP contribution in [0.1, 0.15) is 31.2 Å². The first-order valence-corrected chi connectivity index (χ1v) is 6.80. The van der Waals surface area contributed by atoms with Crippen molar-refractivity contribution in [1.82, 2.24) is 5.32 Å². The Morgan fingerprint density at radius 2 is 1.95 bits per heavy atom. The average molecular weight is 314 g/mol. The predicted octanol–water partition coefficient (Wildman–Crippen LogP) is 2.15. The summed E-state index contributed by atoms with van der Waals surface area (Å²) in [5.74, 6) is -0.0874. The minimum absolute atomic E-state index is 0. The van der Waals surface area contributed by atoms with Gasteiger partial charge >= 0.3 is 0 Å². The van der Waals surface area contributed by atoms with Crippen molar-refractivity contribution < 1.29 is 9.72 Å². The molecule has 1 aromatic rings. The topological polar surface area (TPSA) is 98.3 Å². The number of nitrogens with zero attached hydrogens (tertiary/aromatic N) is 1. The summed E-state index contributed by atoms with van der Waals surface area (Å²) in [7, 11) is 0. The number of para-hydroxylation sites is 1. The number of rotatable bonds is 5. The third kappa shape index (κ3) is 3.71. The van der Waals surface area contributed by atoms with Crippen molar-refractivity contribution in [3.05, 3.63) is 39.9 Å². The summed E-state index contributed by atoms with van der Waals surface area (Å²) < 4.78 is 0. The van der Waals surface area contributed by atoms with E-state index in [9.17, 15) is 14.9 Å². The number of halogens is 1. The molecule has 0 radical (unpaired) electrons. The Labute approximate surface area is 129 Å². The SMILES string of the molecule is Cl.NCC1(C(=O)NCc2ccccc2[N+](=O)[O-])CCCC1. The maximum Gasteiger partial charge on any atom is 0.274 e. The van der Waals surface area contributed by atoms with Crippen LogP contribution in [0, 0.1) is 15.5 Å². The summed E-state index contributed by atoms with van der Waals surface area (Å²) in [5.41, 5.74) is 5.80. The van der Waals surface area contributed by atoms with Gasteiger partial charge in [0.15, 0.2) is 0 Å². The highest BCUT2D eigenvalue weighted by atomic mass is 35.5. The maximum atomic E-state index is 12.3. The molecule has 7 heteroatoms. The van der Waals surface area contributed by atoms with Gasteiger partial charge in [0.1, 0.15) is 0 Å². The van der Waals surface area contributed by atoms with Crippen molar-refractivity contribution in [2.75, 3.05) is 6.54 Å². The molecule has 1 saturated carbocycles. The van der Waals surface area contributed by atoms with E-state index in [0.29, 0.717) is 12.1 Å². The summed E-state index contributed by atoms with van der Waals surface area (Å²) in [4.78, 5) is 22.8. The van der Waals surface area contributed by atoms with Crippen LogP contribution in [0.4, 0.5) is 5.69 Å². The van der Waals surface area contributed by atoms with Crippen LogP contribution in [0.3, 0.4) is 0 Å². The van der Waals surface area contributed by atoms with E-state index >= 15 is 0 Å². The van der Waals surface area contributed by atoms with Gasteiger partial charge in [0.05, 0.1) is 10.3 Å². The molecule has 1 aliphatic rings. The average Bonchev–Trinajstić information content (AvgIpc) is 2.95. The minimum atomic E-state index is -0.483. The normalized spacial score (nSPS) is 16.0. The number of benzene rings is 1. The number of amides is 1. The monoisotopic (exact) mass is 313 g/mol. The van der Waals surface area contributed by atoms with Crippen LogP contribution in [0.15, 0.2) is 24.3 Å². The van der Waals surface area contributed by atoms with Crippen LogP contribution in [0.5, 0.6) is 0 Å². The molecule has 0 spiro atoms. The number of nitrogens with one attached hydrogen (secondary N) is 1. The highest BCUT2D eigenvalue weighted by molar-refractivity contribution is 5.85. The molecular weight excluding hydrogens is 294 g/mol. The summed E-state index contributed by atoms with van der Waals surface area (Å²) in [6.07, 6.45) is 3.62. The van der Waals surface area contributed by atoms with Gasteiger partial charge in [-0.05, 0) is 12.8 Å². The van der Waals surface area contributed by atoms with E-state index in [-0.39, 0.29) is 30.5 Å². The number of nitro groups is 1. The van der Waals surface area contributed by atoms with Gasteiger partial charge in [0.2, 0.25) is 5.91 Å². The molecule has 0 unspecified atom stereocenters. The van der Waals surface area contributed by atoms with Gasteiger partial charge in [0.25, 0.3) is 5.69 Å². The molecule has 1 amide bonds. The lowest BCUT2D eigenvalue weighted by atomic mass is 9.85. The fourth-order valence-electron chi connectivity index (χ4n) is 2.78. The van der Waals surface area contributed by atoms with E-state index in [0.717, 1.165) is 25.7 Å². The second-order valence-electron chi connectivity index (χ2n) is 5.26. The van der Waals surface area contributed by atoms with Crippen LogP contribution in [0.25, 0.3) is 0 Å². The minimum Gasteiger partial charge on any atom is -0.351 e. The Kier molecular flexibility index (Phi) is 6.11. The van der Waals surface area contributed by atoms with Crippen molar-refractivity contribution in [3.8, 4) is 0 Å². The van der Waals surface area contributed by atoms with Crippen molar-refractivity contribution in [2.45, 2.75) is 32.2 Å². The van der Waals surface area contributed by atoms with Gasteiger partial charge in [-0.3, -0.25) is 14.9 Å². The zero-order valence-electron chi connectivity index (χ0n) is 11.7. The van der Waals surface area contributed by atoms with E-state index in [1.165, 1.54) is 6.07 Å². The Morgan fingerprint density at radius 1 is 1.33 bits per heavy atom. The fraction of sp³-hybridized carbons (Fsp3) is 0.500. The summed E-state index contributed by atoms with van der Waals surface area (Å²) in [6, 6.07) is 6.43. The number of hydrogen-bond donors (Lipinski definition) is 2. The van der Waals surface area contributed by atoms with Crippen LogP contribution in [-0.4, -0.2) is 17.4 Å². The third-order valence-corrected chi connectivity index (χ3v) is 4.06. The molecular formula is C14H20ClN3O3. The summed E-state index contributed by atoms with van der Waals surface area (Å²) >= 11 is 0. The molecule has 0 atom stereocenters. The number of carbonyl (C=O) groups is 1. The molecule has 116 valence electrons. The van der Waals surface area contributed by atoms with Crippen molar-refractivity contribution in [3.63, 3.8) is 0 Å². The standard InChI is InChI=1S/C14H19N3O3.ClH/c15-10-14(7-3-4-8-14)13(18)16-9-11-5-1-2-6-12(11)17(19)20;/h1-2,5-6H,3-4,7-10,15H2,(H,16,18);1H. The lowest BCUT2D eigenvalue weighted by Gasteiger charge is -2.25. The molecule has 0 bridgehead atoms. The molecule has 0 saturated heterocycles. The first-order valence-electron chi connectivity index (χ1n) is 6.80. The molecule has 1 fully saturated rings. The molecule has 1 aromatic carbocycles. The maximum absolute atomic E-state index is 12.3. The molecule has 3 N–H and O–H groups in total. The first kappa shape index (κ1) is 17.4. The van der Waals surface area contributed by atoms with Gasteiger partial charge in [-0.1, -0.05) is 31.0 Å². The lowest BCUT2D eigenvalue weighted by Crippen LogP contribution is -2.43. The Hall–Kier alpha value is -1.66. The molecule has 0 heterocycles. The molecule has 0 aliphatic heterocycles. The van der Waals surface area contributed by atoms with Crippen LogP contribution in [0.2, 0.25) is 0 Å². The molecule has 21 heavy (non-hydrogen) atoms. The summed E-state index contributed by atoms with van der Waals surface area (Å²) in [5, 5.41) is 13.7. The predicted molar refractivity (Wildman–Crippen MR) is 82.1 cm³/mol. The second kappa shape index (κ2) is 7.38. The Morgan fingerprint density at radius 3 is 2.52 bits per heavy atom. The number of hydrogen-bond acceptors (Lipinski definition) is 4. The van der Waals surface area contributed by atoms with Crippen molar-refractivity contribution >= 4 is 24.0 Å². The van der Waals surface area contributed by atoms with E-state index in [4.69, 9.17) is 5.73 Å². The number of nitrogens with two attached hydrogens (primary N) is 1. The second-order valence-corrected chi connectivity index (χ2v) is 5.26. The zero-order valence-corrected chi connectivity index (χ0v) is 12.5. The van der Waals surface area contributed by atoms with E-state index in [2.05, 4.69) is 5.32 Å². The Balaban J connectivity index is 0.00000220. The van der Waals surface area contributed by atoms with Crippen LogP contribution >= 0.6 is 12.4 Å². The molecule has 0 aromatic heterocycles. The van der Waals surface area contributed by atoms with Crippen LogP contribution in [-0.2, 0) is 11.3 Å². The number of carbonyl (C=O) groups excluding carboxylic acids is 1. The van der Waals surface area contributed by atoms with E-state index in [1.807, 2.05) is 0 Å². The van der Waals surface area contributed by atoms with Gasteiger partial charge in [-0.15, -0.1) is 12.4 Å². The smallest absolute Gasteiger partial charge is 0.274 e. The lowest BCUT2D eigenvalue weighted by molar-refractivity contribution is -0.385. The van der Waals surface area contributed by atoms with Gasteiger partial charge < -0.3 is 11.1 Å². The highest BCUT2D eigenvalue weighted by Crippen LogP contribution is 2.37. The quantitative estimate of drug-likeness (QED) is 0.642. The van der Waals surface area contributed by atoms with Gasteiger partial charge in [0, 0.05) is 24.7 Å². The third-order valence-electron chi connectivity index (χ3n) is 4.06. The van der Waals surface area contributed by atoms with Crippen molar-refractivity contribution in [2.24, 2.45) is 11.1 Å². The highest BCUT2D eigenvalue weighted by Gasteiger charge is 2.39. The number of nitro benzene ring substituents is 1. The van der Waals surface area contributed by atoms with E-state index in [1.54, 1.807) is 18.2 Å². The van der Waals surface area contributed by atoms with E-state index < -0.39 is 10.3 Å². The molecule has 6 nitrogen and oxygen atoms in total. The zero-order chi connectivity index (χ0) is 14.6. The van der Waals surface area contributed by atoms with Gasteiger partial charge in [-0.2, -0.15) is 0 Å². The molecule has 2 rings (SSSR count). The van der Waals surface area contributed by atoms with Crippen molar-refractivity contribution in [1.29, 1.82) is 0 Å². The van der Waals surface area contributed by atoms with Crippen LogP contribution < -0.4 is 11.1 Å². The Bertz CT molecular complexity index is 516. The summed E-state index contributed by atoms with van der Waals surface area (Å²) in [6.45, 7) is 0.494.